The van der Waals surface area contributed by atoms with E-state index in [-0.39, 0.29) is 0 Å². The van der Waals surface area contributed by atoms with Gasteiger partial charge in [0.05, 0.1) is 0 Å². The second-order valence-corrected chi connectivity index (χ2v) is 9.95. The summed E-state index contributed by atoms with van der Waals surface area (Å²) in [5, 5.41) is 0. The number of hydrogen-bond donors (Lipinski definition) is 0. The Morgan fingerprint density at radius 1 is 0.109 bits per heavy atom. The Bertz CT molecular complexity index is 86.1. The van der Waals surface area contributed by atoms with Gasteiger partial charge in [0.2, 0.25) is 0 Å². The number of rotatable bonds is 5. The maximum atomic E-state index is 2.18. The highest BCUT2D eigenvalue weighted by atomic mass is 13.6. The number of unbranched alkanes of at least 4 members (excludes halogenated alkanes) is 5. The van der Waals surface area contributed by atoms with Crippen LogP contribution in [0.5, 0.6) is 0 Å². The Kier molecular flexibility index (Phi) is 1180. The molecule has 0 fully saturated rings. The molecule has 0 unspecified atom stereocenters. The van der Waals surface area contributed by atoms with E-state index in [4.69, 9.17) is 0 Å². The molecule has 0 aliphatic rings. The summed E-state index contributed by atoms with van der Waals surface area (Å²) in [5.41, 5.74) is 0. The summed E-state index contributed by atoms with van der Waals surface area (Å²) in [7, 11) is 0. The van der Waals surface area contributed by atoms with Crippen molar-refractivity contribution < 1.29 is 0 Å². The molecule has 0 heterocycles. The van der Waals surface area contributed by atoms with Crippen LogP contribution in [-0.4, -0.2) is 0 Å². The van der Waals surface area contributed by atoms with Crippen molar-refractivity contribution in [2.45, 2.75) is 372 Å². The summed E-state index contributed by atoms with van der Waals surface area (Å²) in [5.74, 6) is 0. The van der Waals surface area contributed by atoms with Crippen molar-refractivity contribution in [2.75, 3.05) is 0 Å². The van der Waals surface area contributed by atoms with Crippen LogP contribution in [0.15, 0.2) is 0 Å². The van der Waals surface area contributed by atoms with Gasteiger partial charge in [-0.3, -0.25) is 0 Å². The highest BCUT2D eigenvalue weighted by molar-refractivity contribution is 4.14. The van der Waals surface area contributed by atoms with Crippen LogP contribution in [-0.2, 0) is 0 Å². The van der Waals surface area contributed by atoms with E-state index in [0.29, 0.717) is 0 Å². The van der Waals surface area contributed by atoms with Crippen molar-refractivity contribution in [1.29, 1.82) is 0 Å². The molecule has 0 aliphatic heterocycles. The van der Waals surface area contributed by atoms with E-state index in [0.717, 1.165) is 0 Å². The summed E-state index contributed by atoms with van der Waals surface area (Å²) in [6, 6.07) is 0. The van der Waals surface area contributed by atoms with Gasteiger partial charge < -0.3 is 0 Å². The third kappa shape index (κ3) is 5840. The first-order valence-electron chi connectivity index (χ1n) is 26.5. The van der Waals surface area contributed by atoms with Gasteiger partial charge in [-0.15, -0.1) is 0 Å². The van der Waals surface area contributed by atoms with Crippen molar-refractivity contribution in [2.24, 2.45) is 0 Å². The first kappa shape index (κ1) is 124. The molecule has 0 nitrogen and oxygen atoms in total. The fraction of sp³-hybridized carbons (Fsp3) is 1.00. The predicted molar refractivity (Wildman–Crippen MR) is 294 cm³/mol. The Morgan fingerprint density at radius 3 is 0.127 bits per heavy atom. The van der Waals surface area contributed by atoms with Crippen LogP contribution < -0.4 is 0 Å². The van der Waals surface area contributed by atoms with Gasteiger partial charge in [0, 0.05) is 0 Å². The molecular formula is C55H148. The zero-order chi connectivity index (χ0) is 50.0. The van der Waals surface area contributed by atoms with E-state index in [9.17, 15) is 0 Å². The average Bonchev–Trinajstić information content (AvgIpc) is 3.25. The van der Waals surface area contributed by atoms with Crippen LogP contribution in [0, 0.1) is 0 Å². The van der Waals surface area contributed by atoms with Crippen molar-refractivity contribution >= 4 is 0 Å². The van der Waals surface area contributed by atoms with Gasteiger partial charge in [-0.1, -0.05) is 372 Å². The minimum atomic E-state index is 1.25. The van der Waals surface area contributed by atoms with Gasteiger partial charge in [0.15, 0.2) is 0 Å². The van der Waals surface area contributed by atoms with E-state index >= 15 is 0 Å². The normalized spacial score (nSPS) is 5.78. The molecule has 0 aromatic heterocycles. The molecule has 55 heavy (non-hydrogen) atoms. The zero-order valence-corrected chi connectivity index (χ0v) is 50.0. The van der Waals surface area contributed by atoms with Gasteiger partial charge in [-0.25, -0.2) is 0 Å². The van der Waals surface area contributed by atoms with E-state index in [1.165, 1.54) is 109 Å². The van der Waals surface area contributed by atoms with Gasteiger partial charge in [0.1, 0.15) is 0 Å². The molecular weight excluding hydrogens is 661 g/mol. The van der Waals surface area contributed by atoms with Crippen molar-refractivity contribution in [1.82, 2.24) is 0 Å². The molecule has 0 saturated carbocycles. The number of hydrogen-bond acceptors (Lipinski definition) is 0. The predicted octanol–water partition coefficient (Wildman–Crippen LogP) is 26.1. The minimum Gasteiger partial charge on any atom is -0.0683 e. The van der Waals surface area contributed by atoms with E-state index < -0.39 is 0 Å². The van der Waals surface area contributed by atoms with E-state index in [2.05, 4.69) is 166 Å². The fourth-order valence-electron chi connectivity index (χ4n) is 0. The SMILES string of the molecule is CC.CC.CC.CC.CC.CC.CC.CCC.CCC.CCC.CCC.CCC.CCC.CCC.CCCC.CCCC.CCCC.CCCC.CCCC. The summed E-state index contributed by atoms with van der Waals surface area (Å²) < 4.78 is 0. The molecule has 0 rings (SSSR count). The molecule has 368 valence electrons. The van der Waals surface area contributed by atoms with Crippen LogP contribution in [0.3, 0.4) is 0 Å². The molecule has 0 N–H and O–H groups in total. The molecule has 0 bridgehead atoms. The Labute approximate surface area is 371 Å². The molecule has 0 aliphatic carbocycles. The molecule has 0 radical (unpaired) electrons. The lowest BCUT2D eigenvalue weighted by Crippen LogP contribution is -1.47. The topological polar surface area (TPSA) is 0 Å². The molecule has 0 heteroatoms. The first-order chi connectivity index (χ1) is 26.5. The Hall–Kier alpha value is 0. The van der Waals surface area contributed by atoms with Crippen LogP contribution >= 0.6 is 0 Å². The third-order valence-corrected chi connectivity index (χ3v) is 2.50. The maximum absolute atomic E-state index is 2.18. The quantitative estimate of drug-likeness (QED) is 0.260. The van der Waals surface area contributed by atoms with Crippen LogP contribution in [0.1, 0.15) is 372 Å². The van der Waals surface area contributed by atoms with Crippen LogP contribution in [0.25, 0.3) is 0 Å². The maximum Gasteiger partial charge on any atom is -0.0564 e. The molecule has 0 spiro atoms. The van der Waals surface area contributed by atoms with E-state index in [1.807, 2.05) is 96.9 Å². The monoisotopic (exact) mass is 809 g/mol. The fourth-order valence-corrected chi connectivity index (χ4v) is 0. The van der Waals surface area contributed by atoms with Gasteiger partial charge >= 0.3 is 0 Å². The lowest BCUT2D eigenvalue weighted by atomic mass is 10.4. The van der Waals surface area contributed by atoms with Crippen molar-refractivity contribution in [3.63, 3.8) is 0 Å². The molecule has 0 aromatic carbocycles. The summed E-state index contributed by atoms with van der Waals surface area (Å²) >= 11 is 0. The largest absolute Gasteiger partial charge is 0.0683 e. The third-order valence-electron chi connectivity index (χ3n) is 2.50. The van der Waals surface area contributed by atoms with Crippen molar-refractivity contribution in [3.8, 4) is 0 Å². The lowest BCUT2D eigenvalue weighted by molar-refractivity contribution is 0.886. The second-order valence-electron chi connectivity index (χ2n) is 9.95. The minimum absolute atomic E-state index is 1.25. The van der Waals surface area contributed by atoms with Crippen LogP contribution in [0.2, 0.25) is 0 Å². The smallest absolute Gasteiger partial charge is 0.0564 e. The van der Waals surface area contributed by atoms with Crippen LogP contribution in [0.4, 0.5) is 0 Å². The highest BCUT2D eigenvalue weighted by Gasteiger charge is 1.58. The highest BCUT2D eigenvalue weighted by Crippen LogP contribution is 1.78. The zero-order valence-electron chi connectivity index (χ0n) is 50.0. The Morgan fingerprint density at radius 2 is 0.127 bits per heavy atom. The molecule has 0 aromatic rings. The summed E-state index contributed by atoms with van der Waals surface area (Å²) in [6.45, 7) is 79.6. The summed E-state index contributed by atoms with van der Waals surface area (Å²) in [6.07, 6.45) is 21.9. The van der Waals surface area contributed by atoms with Gasteiger partial charge in [0.25, 0.3) is 0 Å². The van der Waals surface area contributed by atoms with Gasteiger partial charge in [-0.05, 0) is 0 Å². The second kappa shape index (κ2) is 525. The van der Waals surface area contributed by atoms with Gasteiger partial charge in [-0.2, -0.15) is 0 Å². The molecule has 0 saturated heterocycles. The standard InChI is InChI=1S/5C4H10.7C3H8.7C2H6/c5*1-3-4-2;7*1-3-2;7*1-2/h5*3-4H2,1-2H3;7*3H2,1-2H3;7*1-2H3. The van der Waals surface area contributed by atoms with Crippen molar-refractivity contribution in [3.05, 3.63) is 0 Å². The molecule has 0 amide bonds. The Balaban J connectivity index is -0.0000000147. The summed E-state index contributed by atoms with van der Waals surface area (Å²) in [4.78, 5) is 0. The molecule has 0 atom stereocenters. The average molecular weight is 810 g/mol. The lowest BCUT2D eigenvalue weighted by Gasteiger charge is -1.68. The first-order valence-corrected chi connectivity index (χ1v) is 26.5. The van der Waals surface area contributed by atoms with E-state index in [1.54, 1.807) is 0 Å².